The number of rotatable bonds is 4. The van der Waals surface area contributed by atoms with E-state index in [-0.39, 0.29) is 12.0 Å². The molecule has 0 spiro atoms. The standard InChI is InChI=1S/C14H13F3N2O3/c15-14(16,17)22-12-3-1-10(2-4-12)11-7-18-19(8-11)9-13-20-5-6-21-13/h1-4,7-8,13H,5-6,9H2. The van der Waals surface area contributed by atoms with Crippen molar-refractivity contribution in [2.75, 3.05) is 13.2 Å². The maximum absolute atomic E-state index is 12.1. The highest BCUT2D eigenvalue weighted by molar-refractivity contribution is 5.62. The van der Waals surface area contributed by atoms with Crippen molar-refractivity contribution in [2.45, 2.75) is 19.2 Å². The van der Waals surface area contributed by atoms with Crippen molar-refractivity contribution >= 4 is 0 Å². The van der Waals surface area contributed by atoms with Gasteiger partial charge in [-0.05, 0) is 17.7 Å². The predicted octanol–water partition coefficient (Wildman–Crippen LogP) is 2.82. The molecule has 0 amide bonds. The summed E-state index contributed by atoms with van der Waals surface area (Å²) in [4.78, 5) is 0. The smallest absolute Gasteiger partial charge is 0.406 e. The second-order valence-corrected chi connectivity index (χ2v) is 4.69. The first-order chi connectivity index (χ1) is 10.5. The van der Waals surface area contributed by atoms with E-state index < -0.39 is 6.36 Å². The summed E-state index contributed by atoms with van der Waals surface area (Å²) in [6.45, 7) is 1.61. The van der Waals surface area contributed by atoms with Crippen LogP contribution in [0.4, 0.5) is 13.2 Å². The summed E-state index contributed by atoms with van der Waals surface area (Å²) < 4.78 is 52.5. The van der Waals surface area contributed by atoms with Crippen LogP contribution in [0.2, 0.25) is 0 Å². The molecule has 1 aliphatic heterocycles. The third kappa shape index (κ3) is 3.77. The Kier molecular flexibility index (Phi) is 4.04. The van der Waals surface area contributed by atoms with Crippen molar-refractivity contribution in [3.63, 3.8) is 0 Å². The predicted molar refractivity (Wildman–Crippen MR) is 70.0 cm³/mol. The minimum Gasteiger partial charge on any atom is -0.406 e. The van der Waals surface area contributed by atoms with Crippen LogP contribution in [-0.2, 0) is 16.0 Å². The van der Waals surface area contributed by atoms with Gasteiger partial charge in [-0.15, -0.1) is 13.2 Å². The molecular formula is C14H13F3N2O3. The van der Waals surface area contributed by atoms with Crippen LogP contribution in [0.15, 0.2) is 36.7 Å². The zero-order valence-corrected chi connectivity index (χ0v) is 11.4. The molecule has 0 unspecified atom stereocenters. The summed E-state index contributed by atoms with van der Waals surface area (Å²) in [7, 11) is 0. The number of alkyl halides is 3. The van der Waals surface area contributed by atoms with Crippen molar-refractivity contribution < 1.29 is 27.4 Å². The van der Waals surface area contributed by atoms with E-state index in [1.54, 1.807) is 29.2 Å². The molecule has 2 aromatic rings. The molecule has 2 heterocycles. The number of hydrogen-bond acceptors (Lipinski definition) is 4. The Bertz CT molecular complexity index is 619. The molecule has 8 heteroatoms. The molecule has 1 aliphatic rings. The Morgan fingerprint density at radius 1 is 1.14 bits per heavy atom. The molecule has 1 saturated heterocycles. The molecule has 118 valence electrons. The number of halogens is 3. The van der Waals surface area contributed by atoms with Crippen LogP contribution in [-0.4, -0.2) is 35.6 Å². The van der Waals surface area contributed by atoms with Gasteiger partial charge in [0.25, 0.3) is 0 Å². The van der Waals surface area contributed by atoms with Crippen molar-refractivity contribution in [3.8, 4) is 16.9 Å². The SMILES string of the molecule is FC(F)(F)Oc1ccc(-c2cnn(CC3OCCO3)c2)cc1. The molecule has 0 saturated carbocycles. The van der Waals surface area contributed by atoms with Crippen LogP contribution in [0, 0.1) is 0 Å². The quantitative estimate of drug-likeness (QED) is 0.870. The molecule has 0 atom stereocenters. The third-order valence-electron chi connectivity index (χ3n) is 3.08. The van der Waals surface area contributed by atoms with Crippen molar-refractivity contribution in [3.05, 3.63) is 36.7 Å². The summed E-state index contributed by atoms with van der Waals surface area (Å²) in [6.07, 6.45) is -1.58. The normalized spacial score (nSPS) is 16.1. The van der Waals surface area contributed by atoms with Gasteiger partial charge in [0, 0.05) is 11.8 Å². The number of nitrogens with zero attached hydrogens (tertiary/aromatic N) is 2. The molecule has 0 bridgehead atoms. The Labute approximate surface area is 124 Å². The van der Waals surface area contributed by atoms with Gasteiger partial charge >= 0.3 is 6.36 Å². The lowest BCUT2D eigenvalue weighted by Gasteiger charge is -2.09. The van der Waals surface area contributed by atoms with E-state index in [9.17, 15) is 13.2 Å². The third-order valence-corrected chi connectivity index (χ3v) is 3.08. The van der Waals surface area contributed by atoms with Gasteiger partial charge in [0.1, 0.15) is 5.75 Å². The van der Waals surface area contributed by atoms with E-state index in [1.807, 2.05) is 0 Å². The van der Waals surface area contributed by atoms with Crippen LogP contribution in [0.25, 0.3) is 11.1 Å². The Morgan fingerprint density at radius 3 is 2.45 bits per heavy atom. The van der Waals surface area contributed by atoms with Gasteiger partial charge in [-0.1, -0.05) is 12.1 Å². The molecule has 0 radical (unpaired) electrons. The van der Waals surface area contributed by atoms with Gasteiger partial charge in [0.2, 0.25) is 0 Å². The minimum atomic E-state index is -4.69. The van der Waals surface area contributed by atoms with Gasteiger partial charge in [0.05, 0.1) is 26.0 Å². The average molecular weight is 314 g/mol. The fourth-order valence-corrected chi connectivity index (χ4v) is 2.13. The fourth-order valence-electron chi connectivity index (χ4n) is 2.13. The Balaban J connectivity index is 1.67. The molecule has 1 aromatic carbocycles. The molecule has 3 rings (SSSR count). The largest absolute Gasteiger partial charge is 0.573 e. The molecule has 5 nitrogen and oxygen atoms in total. The number of hydrogen-bond donors (Lipinski definition) is 0. The lowest BCUT2D eigenvalue weighted by molar-refractivity contribution is -0.274. The number of benzene rings is 1. The molecule has 0 aliphatic carbocycles. The summed E-state index contributed by atoms with van der Waals surface area (Å²) in [6, 6.07) is 5.63. The van der Waals surface area contributed by atoms with E-state index in [0.29, 0.717) is 19.8 Å². The number of ether oxygens (including phenoxy) is 3. The van der Waals surface area contributed by atoms with Gasteiger partial charge in [-0.25, -0.2) is 0 Å². The number of aromatic nitrogens is 2. The molecule has 1 fully saturated rings. The topological polar surface area (TPSA) is 45.5 Å². The van der Waals surface area contributed by atoms with Crippen LogP contribution in [0.3, 0.4) is 0 Å². The van der Waals surface area contributed by atoms with E-state index >= 15 is 0 Å². The maximum Gasteiger partial charge on any atom is 0.573 e. The van der Waals surface area contributed by atoms with Crippen LogP contribution in [0.5, 0.6) is 5.75 Å². The summed E-state index contributed by atoms with van der Waals surface area (Å²) in [5, 5.41) is 4.18. The fraction of sp³-hybridized carbons (Fsp3) is 0.357. The van der Waals surface area contributed by atoms with Gasteiger partial charge in [-0.3, -0.25) is 4.68 Å². The lowest BCUT2D eigenvalue weighted by atomic mass is 10.1. The molecular weight excluding hydrogens is 301 g/mol. The second-order valence-electron chi connectivity index (χ2n) is 4.69. The minimum absolute atomic E-state index is 0.253. The van der Waals surface area contributed by atoms with Crippen molar-refractivity contribution in [1.29, 1.82) is 0 Å². The van der Waals surface area contributed by atoms with E-state index in [4.69, 9.17) is 9.47 Å². The summed E-state index contributed by atoms with van der Waals surface area (Å²) >= 11 is 0. The first-order valence-electron chi connectivity index (χ1n) is 6.61. The average Bonchev–Trinajstić information content (AvgIpc) is 3.10. The Hall–Kier alpha value is -2.06. The highest BCUT2D eigenvalue weighted by Gasteiger charge is 2.31. The lowest BCUT2D eigenvalue weighted by Crippen LogP contribution is -2.17. The summed E-state index contributed by atoms with van der Waals surface area (Å²) in [5.41, 5.74) is 1.53. The highest BCUT2D eigenvalue weighted by atomic mass is 19.4. The van der Waals surface area contributed by atoms with Crippen LogP contribution in [0.1, 0.15) is 0 Å². The maximum atomic E-state index is 12.1. The van der Waals surface area contributed by atoms with Gasteiger partial charge in [0.15, 0.2) is 6.29 Å². The Morgan fingerprint density at radius 2 is 1.82 bits per heavy atom. The van der Waals surface area contributed by atoms with Crippen LogP contribution < -0.4 is 4.74 Å². The van der Waals surface area contributed by atoms with Crippen molar-refractivity contribution in [1.82, 2.24) is 9.78 Å². The molecule has 22 heavy (non-hydrogen) atoms. The van der Waals surface area contributed by atoms with Gasteiger partial charge < -0.3 is 14.2 Å². The zero-order chi connectivity index (χ0) is 15.6. The molecule has 0 N–H and O–H groups in total. The molecule has 1 aromatic heterocycles. The van der Waals surface area contributed by atoms with E-state index in [2.05, 4.69) is 9.84 Å². The van der Waals surface area contributed by atoms with E-state index in [0.717, 1.165) is 11.1 Å². The van der Waals surface area contributed by atoms with Crippen molar-refractivity contribution in [2.24, 2.45) is 0 Å². The monoisotopic (exact) mass is 314 g/mol. The first kappa shape index (κ1) is 14.9. The highest BCUT2D eigenvalue weighted by Crippen LogP contribution is 2.26. The second kappa shape index (κ2) is 5.98. The first-order valence-corrected chi connectivity index (χ1v) is 6.61. The van der Waals surface area contributed by atoms with Gasteiger partial charge in [-0.2, -0.15) is 5.10 Å². The zero-order valence-electron chi connectivity index (χ0n) is 11.4. The van der Waals surface area contributed by atoms with E-state index in [1.165, 1.54) is 12.1 Å². The van der Waals surface area contributed by atoms with Crippen LogP contribution >= 0.6 is 0 Å². The summed E-state index contributed by atoms with van der Waals surface area (Å²) in [5.74, 6) is -0.253.